The topological polar surface area (TPSA) is 24.1 Å². The number of rotatable bonds is 6. The summed E-state index contributed by atoms with van der Waals surface area (Å²) in [5.74, 6) is 1.22. The highest BCUT2D eigenvalue weighted by atomic mass is 15.1. The van der Waals surface area contributed by atoms with Gasteiger partial charge in [0, 0.05) is 30.6 Å². The monoisotopic (exact) mass is 422 g/mol. The van der Waals surface area contributed by atoms with E-state index >= 15 is 0 Å². The molecule has 2 saturated carbocycles. The molecule has 2 N–H and O–H groups in total. The Bertz CT molecular complexity index is 979. The zero-order valence-electron chi connectivity index (χ0n) is 18.8. The van der Waals surface area contributed by atoms with E-state index in [-0.39, 0.29) is 0 Å². The molecule has 5 unspecified atom stereocenters. The lowest BCUT2D eigenvalue weighted by Gasteiger charge is -2.50. The molecule has 1 saturated heterocycles. The van der Waals surface area contributed by atoms with E-state index in [0.717, 1.165) is 12.5 Å². The van der Waals surface area contributed by atoms with Crippen molar-refractivity contribution in [3.05, 3.63) is 108 Å². The van der Waals surface area contributed by atoms with Crippen LogP contribution < -0.4 is 10.6 Å². The summed E-state index contributed by atoms with van der Waals surface area (Å²) in [6, 6.07) is 34.8. The molecule has 3 fully saturated rings. The molecule has 0 spiro atoms. The molecule has 5 atom stereocenters. The minimum Gasteiger partial charge on any atom is -0.308 e. The van der Waals surface area contributed by atoms with Crippen LogP contribution in [0, 0.1) is 11.3 Å². The number of benzene rings is 3. The van der Waals surface area contributed by atoms with E-state index in [1.165, 1.54) is 48.8 Å². The first-order valence-electron chi connectivity index (χ1n) is 12.5. The normalized spacial score (nSPS) is 31.0. The van der Waals surface area contributed by atoms with Crippen LogP contribution >= 0.6 is 0 Å². The van der Waals surface area contributed by atoms with Crippen molar-refractivity contribution in [2.24, 2.45) is 11.3 Å². The summed E-state index contributed by atoms with van der Waals surface area (Å²) in [6.07, 6.45) is 6.92. The van der Waals surface area contributed by atoms with Crippen molar-refractivity contribution in [3.63, 3.8) is 0 Å². The minimum atomic E-state index is 0.349. The van der Waals surface area contributed by atoms with Gasteiger partial charge < -0.3 is 10.6 Å². The maximum atomic E-state index is 4.23. The van der Waals surface area contributed by atoms with Gasteiger partial charge in [0.2, 0.25) is 0 Å². The fourth-order valence-electron chi connectivity index (χ4n) is 7.21. The molecular weight excluding hydrogens is 388 g/mol. The van der Waals surface area contributed by atoms with Gasteiger partial charge in [-0.05, 0) is 53.7 Å². The highest BCUT2D eigenvalue weighted by Gasteiger charge is 2.60. The predicted molar refractivity (Wildman–Crippen MR) is 132 cm³/mol. The SMILES string of the molecule is c1ccc(CNC2CC34CCCC3C(C4)NC2C(c2ccccc2)c2ccccc2)cc1. The second-order valence-corrected chi connectivity index (χ2v) is 10.3. The second-order valence-electron chi connectivity index (χ2n) is 10.3. The van der Waals surface area contributed by atoms with Crippen LogP contribution in [0.25, 0.3) is 0 Å². The highest BCUT2D eigenvalue weighted by Crippen LogP contribution is 2.62. The summed E-state index contributed by atoms with van der Waals surface area (Å²) in [4.78, 5) is 0. The maximum absolute atomic E-state index is 4.23. The number of hydrogen-bond donors (Lipinski definition) is 2. The quantitative estimate of drug-likeness (QED) is 0.517. The van der Waals surface area contributed by atoms with Crippen LogP contribution in [0.5, 0.6) is 0 Å². The van der Waals surface area contributed by atoms with E-state index in [2.05, 4.69) is 102 Å². The van der Waals surface area contributed by atoms with Crippen LogP contribution in [0.2, 0.25) is 0 Å². The van der Waals surface area contributed by atoms with E-state index in [1.54, 1.807) is 0 Å². The van der Waals surface area contributed by atoms with Crippen LogP contribution in [0.1, 0.15) is 54.7 Å². The third-order valence-electron chi connectivity index (χ3n) is 8.64. The average molecular weight is 423 g/mol. The molecule has 3 aliphatic rings. The lowest BCUT2D eigenvalue weighted by Crippen LogP contribution is -2.56. The summed E-state index contributed by atoms with van der Waals surface area (Å²) < 4.78 is 0. The zero-order valence-corrected chi connectivity index (χ0v) is 18.8. The third kappa shape index (κ3) is 3.60. The van der Waals surface area contributed by atoms with E-state index in [4.69, 9.17) is 0 Å². The Morgan fingerprint density at radius 2 is 1.44 bits per heavy atom. The molecule has 0 aromatic heterocycles. The molecule has 3 aromatic rings. The molecule has 164 valence electrons. The first kappa shape index (κ1) is 20.2. The van der Waals surface area contributed by atoms with Crippen LogP contribution in [0.15, 0.2) is 91.0 Å². The van der Waals surface area contributed by atoms with Crippen LogP contribution in [0.4, 0.5) is 0 Å². The molecule has 2 bridgehead atoms. The summed E-state index contributed by atoms with van der Waals surface area (Å²) in [5, 5.41) is 8.28. The van der Waals surface area contributed by atoms with Gasteiger partial charge in [0.05, 0.1) is 0 Å². The van der Waals surface area contributed by atoms with Gasteiger partial charge in [-0.25, -0.2) is 0 Å². The molecule has 0 amide bonds. The van der Waals surface area contributed by atoms with Gasteiger partial charge in [-0.15, -0.1) is 0 Å². The van der Waals surface area contributed by atoms with Gasteiger partial charge in [0.25, 0.3) is 0 Å². The predicted octanol–water partition coefficient (Wildman–Crippen LogP) is 5.90. The molecule has 1 heterocycles. The Labute approximate surface area is 192 Å². The summed E-state index contributed by atoms with van der Waals surface area (Å²) in [7, 11) is 0. The Morgan fingerprint density at radius 3 is 2.09 bits per heavy atom. The molecule has 32 heavy (non-hydrogen) atoms. The van der Waals surface area contributed by atoms with Crippen molar-refractivity contribution >= 4 is 0 Å². The molecule has 2 nitrogen and oxygen atoms in total. The molecule has 6 rings (SSSR count). The average Bonchev–Trinajstić information content (AvgIpc) is 3.00. The number of hydrogen-bond acceptors (Lipinski definition) is 2. The first-order valence-corrected chi connectivity index (χ1v) is 12.5. The fourth-order valence-corrected chi connectivity index (χ4v) is 7.21. The van der Waals surface area contributed by atoms with Crippen molar-refractivity contribution in [1.82, 2.24) is 10.6 Å². The Morgan fingerprint density at radius 1 is 0.812 bits per heavy atom. The van der Waals surface area contributed by atoms with Gasteiger partial charge in [0.15, 0.2) is 0 Å². The fraction of sp³-hybridized carbons (Fsp3) is 0.400. The minimum absolute atomic E-state index is 0.349. The lowest BCUT2D eigenvalue weighted by atomic mass is 9.57. The summed E-state index contributed by atoms with van der Waals surface area (Å²) in [6.45, 7) is 0.936. The van der Waals surface area contributed by atoms with Crippen molar-refractivity contribution in [2.75, 3.05) is 0 Å². The van der Waals surface area contributed by atoms with Crippen molar-refractivity contribution in [3.8, 4) is 0 Å². The van der Waals surface area contributed by atoms with Crippen LogP contribution in [-0.2, 0) is 6.54 Å². The Balaban J connectivity index is 1.37. The largest absolute Gasteiger partial charge is 0.308 e. The van der Waals surface area contributed by atoms with Gasteiger partial charge in [-0.1, -0.05) is 97.4 Å². The molecule has 2 heteroatoms. The maximum Gasteiger partial charge on any atom is 0.0333 e. The molecule has 0 radical (unpaired) electrons. The molecule has 1 aliphatic heterocycles. The van der Waals surface area contributed by atoms with Crippen LogP contribution in [0.3, 0.4) is 0 Å². The van der Waals surface area contributed by atoms with Crippen molar-refractivity contribution in [2.45, 2.75) is 62.7 Å². The van der Waals surface area contributed by atoms with Gasteiger partial charge in [-0.3, -0.25) is 0 Å². The van der Waals surface area contributed by atoms with Crippen molar-refractivity contribution in [1.29, 1.82) is 0 Å². The van der Waals surface area contributed by atoms with E-state index < -0.39 is 0 Å². The standard InChI is InChI=1S/C30H34N2/c1-4-11-22(12-5-1)21-31-27-20-30-18-10-17-25(30)26(19-30)32-29(27)28(23-13-6-2-7-14-23)24-15-8-3-9-16-24/h1-9,11-16,25-29,31-32H,10,17-21H2. The van der Waals surface area contributed by atoms with Crippen LogP contribution in [-0.4, -0.2) is 18.1 Å². The molecule has 3 aromatic carbocycles. The first-order chi connectivity index (χ1) is 15.8. The smallest absolute Gasteiger partial charge is 0.0333 e. The van der Waals surface area contributed by atoms with Crippen molar-refractivity contribution < 1.29 is 0 Å². The van der Waals surface area contributed by atoms with Gasteiger partial charge in [0.1, 0.15) is 0 Å². The third-order valence-corrected chi connectivity index (χ3v) is 8.64. The van der Waals surface area contributed by atoms with E-state index in [0.29, 0.717) is 29.5 Å². The van der Waals surface area contributed by atoms with Gasteiger partial charge in [-0.2, -0.15) is 0 Å². The van der Waals surface area contributed by atoms with E-state index in [1.807, 2.05) is 0 Å². The lowest BCUT2D eigenvalue weighted by molar-refractivity contribution is 0.0223. The zero-order chi connectivity index (χ0) is 21.4. The Hall–Kier alpha value is -2.42. The Kier molecular flexibility index (Phi) is 5.37. The van der Waals surface area contributed by atoms with E-state index in [9.17, 15) is 0 Å². The summed E-state index contributed by atoms with van der Waals surface area (Å²) >= 11 is 0. The second kappa shape index (κ2) is 8.50. The van der Waals surface area contributed by atoms with Gasteiger partial charge >= 0.3 is 0 Å². The molecular formula is C30H34N2. The summed E-state index contributed by atoms with van der Waals surface area (Å²) in [5.41, 5.74) is 4.78. The molecule has 2 aliphatic carbocycles. The number of nitrogens with one attached hydrogen (secondary N) is 2. The highest BCUT2D eigenvalue weighted by molar-refractivity contribution is 5.36.